The van der Waals surface area contributed by atoms with Crippen molar-refractivity contribution in [2.75, 3.05) is 56.9 Å². The third-order valence-corrected chi connectivity index (χ3v) is 5.22. The Hall–Kier alpha value is -2.73. The van der Waals surface area contributed by atoms with E-state index in [1.165, 1.54) is 11.3 Å². The first kappa shape index (κ1) is 17.7. The molecule has 2 aliphatic rings. The molecule has 0 bridgehead atoms. The average molecular weight is 368 g/mol. The van der Waals surface area contributed by atoms with Crippen molar-refractivity contribution in [3.05, 3.63) is 47.5 Å². The Kier molecular flexibility index (Phi) is 4.90. The number of amides is 1. The van der Waals surface area contributed by atoms with Crippen molar-refractivity contribution in [2.24, 2.45) is 0 Å². The Morgan fingerprint density at radius 3 is 2.37 bits per heavy atom. The predicted molar refractivity (Wildman–Crippen MR) is 104 cm³/mol. The van der Waals surface area contributed by atoms with E-state index in [9.17, 15) is 4.79 Å². The highest BCUT2D eigenvalue weighted by Crippen LogP contribution is 2.36. The molecule has 2 aliphatic heterocycles. The molecule has 0 aromatic heterocycles. The van der Waals surface area contributed by atoms with Crippen LogP contribution in [0.4, 0.5) is 11.4 Å². The number of morpholine rings is 1. The van der Waals surface area contributed by atoms with Crippen LogP contribution in [-0.4, -0.2) is 53.0 Å². The molecular formula is C21H24N2O4. The minimum Gasteiger partial charge on any atom is -0.496 e. The van der Waals surface area contributed by atoms with Crippen molar-refractivity contribution in [3.63, 3.8) is 0 Å². The number of rotatable bonds is 4. The monoisotopic (exact) mass is 368 g/mol. The van der Waals surface area contributed by atoms with E-state index in [4.69, 9.17) is 14.2 Å². The van der Waals surface area contributed by atoms with Crippen molar-refractivity contribution >= 4 is 17.3 Å². The summed E-state index contributed by atoms with van der Waals surface area (Å²) in [5, 5.41) is 0. The van der Waals surface area contributed by atoms with Gasteiger partial charge < -0.3 is 24.0 Å². The van der Waals surface area contributed by atoms with Gasteiger partial charge in [-0.1, -0.05) is 6.07 Å². The van der Waals surface area contributed by atoms with Gasteiger partial charge in [-0.25, -0.2) is 0 Å². The molecule has 2 aromatic rings. The second-order valence-electron chi connectivity index (χ2n) is 6.66. The van der Waals surface area contributed by atoms with E-state index in [2.05, 4.69) is 17.0 Å². The van der Waals surface area contributed by atoms with Crippen LogP contribution in [0.2, 0.25) is 0 Å². The van der Waals surface area contributed by atoms with Gasteiger partial charge in [0.1, 0.15) is 17.1 Å². The molecule has 0 spiro atoms. The summed E-state index contributed by atoms with van der Waals surface area (Å²) in [6.07, 6.45) is 0.844. The van der Waals surface area contributed by atoms with Crippen molar-refractivity contribution in [1.82, 2.24) is 0 Å². The van der Waals surface area contributed by atoms with Gasteiger partial charge in [0.05, 0.1) is 27.4 Å². The third-order valence-electron chi connectivity index (χ3n) is 5.22. The van der Waals surface area contributed by atoms with Gasteiger partial charge in [0, 0.05) is 31.0 Å². The van der Waals surface area contributed by atoms with Gasteiger partial charge in [-0.15, -0.1) is 0 Å². The maximum absolute atomic E-state index is 13.3. The second kappa shape index (κ2) is 7.48. The lowest BCUT2D eigenvalue weighted by Crippen LogP contribution is -2.36. The van der Waals surface area contributed by atoms with Gasteiger partial charge in [0.2, 0.25) is 0 Å². The van der Waals surface area contributed by atoms with E-state index in [1.54, 1.807) is 26.4 Å². The average Bonchev–Trinajstić information content (AvgIpc) is 3.16. The second-order valence-corrected chi connectivity index (χ2v) is 6.66. The van der Waals surface area contributed by atoms with Crippen molar-refractivity contribution < 1.29 is 19.0 Å². The van der Waals surface area contributed by atoms with Crippen LogP contribution in [0.15, 0.2) is 36.4 Å². The summed E-state index contributed by atoms with van der Waals surface area (Å²) in [4.78, 5) is 17.4. The van der Waals surface area contributed by atoms with Crippen LogP contribution in [0.5, 0.6) is 11.5 Å². The number of benzene rings is 2. The summed E-state index contributed by atoms with van der Waals surface area (Å²) in [6, 6.07) is 11.7. The van der Waals surface area contributed by atoms with E-state index in [0.717, 1.165) is 38.4 Å². The number of nitrogens with zero attached hydrogens (tertiary/aromatic N) is 2. The first-order valence-electron chi connectivity index (χ1n) is 9.21. The molecule has 6 nitrogen and oxygen atoms in total. The molecule has 1 amide bonds. The van der Waals surface area contributed by atoms with Crippen LogP contribution < -0.4 is 19.3 Å². The van der Waals surface area contributed by atoms with Crippen LogP contribution in [0.1, 0.15) is 15.9 Å². The molecule has 1 fully saturated rings. The first-order valence-corrected chi connectivity index (χ1v) is 9.21. The molecule has 27 heavy (non-hydrogen) atoms. The zero-order valence-corrected chi connectivity index (χ0v) is 15.7. The first-order chi connectivity index (χ1) is 13.2. The molecule has 0 radical (unpaired) electrons. The fourth-order valence-electron chi connectivity index (χ4n) is 3.81. The molecular weight excluding hydrogens is 344 g/mol. The standard InChI is InChI=1S/C21H24N2O4/c1-25-18-4-3-5-19(26-2)20(18)21(24)23-9-8-15-14-16(6-7-17(15)23)22-10-12-27-13-11-22/h3-7,14H,8-13H2,1-2H3. The zero-order valence-electron chi connectivity index (χ0n) is 15.7. The van der Waals surface area contributed by atoms with E-state index in [1.807, 2.05) is 17.0 Å². The van der Waals surface area contributed by atoms with Crippen LogP contribution in [-0.2, 0) is 11.2 Å². The highest BCUT2D eigenvalue weighted by atomic mass is 16.5. The summed E-state index contributed by atoms with van der Waals surface area (Å²) in [5.41, 5.74) is 3.82. The number of anilines is 2. The lowest BCUT2D eigenvalue weighted by atomic mass is 10.1. The highest BCUT2D eigenvalue weighted by Gasteiger charge is 2.30. The summed E-state index contributed by atoms with van der Waals surface area (Å²) in [6.45, 7) is 3.98. The van der Waals surface area contributed by atoms with E-state index < -0.39 is 0 Å². The fraction of sp³-hybridized carbons (Fsp3) is 0.381. The van der Waals surface area contributed by atoms with Crippen LogP contribution in [0.25, 0.3) is 0 Å². The Balaban J connectivity index is 1.64. The minimum atomic E-state index is -0.0952. The molecule has 0 unspecified atom stereocenters. The Morgan fingerprint density at radius 1 is 1.00 bits per heavy atom. The largest absolute Gasteiger partial charge is 0.496 e. The number of ether oxygens (including phenoxy) is 3. The number of carbonyl (C=O) groups is 1. The quantitative estimate of drug-likeness (QED) is 0.831. The number of hydrogen-bond acceptors (Lipinski definition) is 5. The topological polar surface area (TPSA) is 51.2 Å². The van der Waals surface area contributed by atoms with Crippen LogP contribution in [0.3, 0.4) is 0 Å². The van der Waals surface area contributed by atoms with Gasteiger partial charge in [-0.05, 0) is 42.3 Å². The number of fused-ring (bicyclic) bond motifs is 1. The zero-order chi connectivity index (χ0) is 18.8. The predicted octanol–water partition coefficient (Wildman–Crippen LogP) is 2.74. The fourth-order valence-corrected chi connectivity index (χ4v) is 3.81. The number of hydrogen-bond donors (Lipinski definition) is 0. The van der Waals surface area contributed by atoms with Gasteiger partial charge in [0.25, 0.3) is 5.91 Å². The van der Waals surface area contributed by atoms with E-state index in [-0.39, 0.29) is 5.91 Å². The Labute approximate surface area is 159 Å². The molecule has 0 saturated carbocycles. The molecule has 0 N–H and O–H groups in total. The normalized spacial score (nSPS) is 16.2. The Morgan fingerprint density at radius 2 is 1.70 bits per heavy atom. The highest BCUT2D eigenvalue weighted by molar-refractivity contribution is 6.10. The molecule has 2 aromatic carbocycles. The number of methoxy groups -OCH3 is 2. The van der Waals surface area contributed by atoms with Crippen molar-refractivity contribution in [1.29, 1.82) is 0 Å². The van der Waals surface area contributed by atoms with Gasteiger partial charge in [-0.2, -0.15) is 0 Å². The molecule has 0 aliphatic carbocycles. The summed E-state index contributed by atoms with van der Waals surface area (Å²) >= 11 is 0. The molecule has 1 saturated heterocycles. The molecule has 142 valence electrons. The summed E-state index contributed by atoms with van der Waals surface area (Å²) in [7, 11) is 3.14. The van der Waals surface area contributed by atoms with E-state index >= 15 is 0 Å². The van der Waals surface area contributed by atoms with Crippen LogP contribution >= 0.6 is 0 Å². The summed E-state index contributed by atoms with van der Waals surface area (Å²) in [5.74, 6) is 0.956. The molecule has 0 atom stereocenters. The van der Waals surface area contributed by atoms with E-state index in [0.29, 0.717) is 23.6 Å². The molecule has 2 heterocycles. The number of carbonyl (C=O) groups excluding carboxylic acids is 1. The van der Waals surface area contributed by atoms with Gasteiger partial charge >= 0.3 is 0 Å². The van der Waals surface area contributed by atoms with Crippen molar-refractivity contribution in [3.8, 4) is 11.5 Å². The van der Waals surface area contributed by atoms with Crippen molar-refractivity contribution in [2.45, 2.75) is 6.42 Å². The maximum Gasteiger partial charge on any atom is 0.265 e. The summed E-state index contributed by atoms with van der Waals surface area (Å²) < 4.78 is 16.3. The lowest BCUT2D eigenvalue weighted by Gasteiger charge is -2.29. The maximum atomic E-state index is 13.3. The molecule has 4 rings (SSSR count). The van der Waals surface area contributed by atoms with Crippen LogP contribution in [0, 0.1) is 0 Å². The smallest absolute Gasteiger partial charge is 0.265 e. The lowest BCUT2D eigenvalue weighted by molar-refractivity contribution is 0.0983. The Bertz CT molecular complexity index is 824. The SMILES string of the molecule is COc1cccc(OC)c1C(=O)N1CCc2cc(N3CCOCC3)ccc21. The minimum absolute atomic E-state index is 0.0952. The third kappa shape index (κ3) is 3.21. The molecule has 6 heteroatoms. The van der Waals surface area contributed by atoms with Gasteiger partial charge in [0.15, 0.2) is 0 Å². The van der Waals surface area contributed by atoms with Gasteiger partial charge in [-0.3, -0.25) is 4.79 Å².